The summed E-state index contributed by atoms with van der Waals surface area (Å²) in [4.78, 5) is 14.8. The van der Waals surface area contributed by atoms with Gasteiger partial charge >= 0.3 is 0 Å². The first-order valence-electron chi connectivity index (χ1n) is 8.13. The number of benzene rings is 1. The lowest BCUT2D eigenvalue weighted by Crippen LogP contribution is -2.50. The van der Waals surface area contributed by atoms with Gasteiger partial charge in [-0.1, -0.05) is 32.0 Å². The molecule has 1 aromatic rings. The van der Waals surface area contributed by atoms with E-state index in [1.807, 2.05) is 36.9 Å². The molecule has 2 rings (SSSR count). The molecule has 0 radical (unpaired) electrons. The topological polar surface area (TPSA) is 32.3 Å². The highest BCUT2D eigenvalue weighted by atomic mass is 16.2. The Morgan fingerprint density at radius 1 is 1.33 bits per heavy atom. The van der Waals surface area contributed by atoms with Gasteiger partial charge in [-0.05, 0) is 50.3 Å². The van der Waals surface area contributed by atoms with Crippen molar-refractivity contribution in [2.45, 2.75) is 46.6 Å². The molecular weight excluding hydrogens is 260 g/mol. The minimum absolute atomic E-state index is 0.200. The third-order valence-corrected chi connectivity index (χ3v) is 4.54. The van der Waals surface area contributed by atoms with Crippen molar-refractivity contribution >= 4 is 5.91 Å². The lowest BCUT2D eigenvalue weighted by Gasteiger charge is -2.38. The van der Waals surface area contributed by atoms with Crippen LogP contribution in [0.2, 0.25) is 0 Å². The minimum Gasteiger partial charge on any atom is -0.338 e. The quantitative estimate of drug-likeness (QED) is 0.923. The standard InChI is InChI=1S/C18H28N2O/c1-5-10-19-16-9-11-20(12-15(16)4)18(21)17-13(2)7-6-8-14(17)3/h6-8,15-16,19H,5,9-12H2,1-4H3. The molecule has 1 fully saturated rings. The van der Waals surface area contributed by atoms with Gasteiger partial charge in [0.15, 0.2) is 0 Å². The lowest BCUT2D eigenvalue weighted by molar-refractivity contribution is 0.0644. The molecule has 1 saturated heterocycles. The molecule has 1 aliphatic rings. The van der Waals surface area contributed by atoms with Gasteiger partial charge in [0.1, 0.15) is 0 Å². The van der Waals surface area contributed by atoms with E-state index in [9.17, 15) is 4.79 Å². The molecule has 21 heavy (non-hydrogen) atoms. The summed E-state index contributed by atoms with van der Waals surface area (Å²) in [6, 6.07) is 6.62. The van der Waals surface area contributed by atoms with Crippen molar-refractivity contribution < 1.29 is 4.79 Å². The molecule has 3 heteroatoms. The Morgan fingerprint density at radius 3 is 2.57 bits per heavy atom. The van der Waals surface area contributed by atoms with Crippen LogP contribution in [0.3, 0.4) is 0 Å². The van der Waals surface area contributed by atoms with Gasteiger partial charge in [-0.15, -0.1) is 0 Å². The number of carbonyl (C=O) groups is 1. The molecule has 2 unspecified atom stereocenters. The second kappa shape index (κ2) is 7.08. The van der Waals surface area contributed by atoms with Crippen LogP contribution < -0.4 is 5.32 Å². The Balaban J connectivity index is 2.05. The number of hydrogen-bond donors (Lipinski definition) is 1. The maximum atomic E-state index is 12.8. The van der Waals surface area contributed by atoms with E-state index in [2.05, 4.69) is 19.2 Å². The SMILES string of the molecule is CCCNC1CCN(C(=O)c2c(C)cccc2C)CC1C. The molecule has 0 spiro atoms. The van der Waals surface area contributed by atoms with Crippen LogP contribution in [-0.4, -0.2) is 36.5 Å². The van der Waals surface area contributed by atoms with Gasteiger partial charge in [0.25, 0.3) is 5.91 Å². The van der Waals surface area contributed by atoms with Crippen molar-refractivity contribution in [2.75, 3.05) is 19.6 Å². The maximum absolute atomic E-state index is 12.8. The van der Waals surface area contributed by atoms with Crippen LogP contribution in [0, 0.1) is 19.8 Å². The Bertz CT molecular complexity index is 478. The maximum Gasteiger partial charge on any atom is 0.254 e. The highest BCUT2D eigenvalue weighted by molar-refractivity contribution is 5.97. The number of aryl methyl sites for hydroxylation is 2. The van der Waals surface area contributed by atoms with Gasteiger partial charge in [0, 0.05) is 24.7 Å². The molecule has 1 heterocycles. The van der Waals surface area contributed by atoms with E-state index in [1.165, 1.54) is 0 Å². The largest absolute Gasteiger partial charge is 0.338 e. The predicted molar refractivity (Wildman–Crippen MR) is 87.7 cm³/mol. The van der Waals surface area contributed by atoms with Crippen LogP contribution in [0.5, 0.6) is 0 Å². The number of amides is 1. The minimum atomic E-state index is 0.200. The van der Waals surface area contributed by atoms with Crippen molar-refractivity contribution in [3.05, 3.63) is 34.9 Å². The van der Waals surface area contributed by atoms with E-state index in [0.29, 0.717) is 12.0 Å². The average molecular weight is 288 g/mol. The molecule has 1 aliphatic heterocycles. The van der Waals surface area contributed by atoms with E-state index < -0.39 is 0 Å². The van der Waals surface area contributed by atoms with Crippen molar-refractivity contribution in [3.63, 3.8) is 0 Å². The van der Waals surface area contributed by atoms with E-state index in [4.69, 9.17) is 0 Å². The average Bonchev–Trinajstić information content (AvgIpc) is 2.45. The molecule has 116 valence electrons. The molecule has 0 bridgehead atoms. The fourth-order valence-corrected chi connectivity index (χ4v) is 3.27. The highest BCUT2D eigenvalue weighted by Crippen LogP contribution is 2.22. The van der Waals surface area contributed by atoms with Crippen molar-refractivity contribution in [1.82, 2.24) is 10.2 Å². The van der Waals surface area contributed by atoms with Crippen molar-refractivity contribution in [1.29, 1.82) is 0 Å². The van der Waals surface area contributed by atoms with Crippen LogP contribution in [-0.2, 0) is 0 Å². The van der Waals surface area contributed by atoms with Gasteiger partial charge in [0.05, 0.1) is 0 Å². The molecule has 0 aromatic heterocycles. The van der Waals surface area contributed by atoms with Crippen molar-refractivity contribution in [2.24, 2.45) is 5.92 Å². The third-order valence-electron chi connectivity index (χ3n) is 4.54. The van der Waals surface area contributed by atoms with E-state index in [-0.39, 0.29) is 5.91 Å². The number of piperidine rings is 1. The summed E-state index contributed by atoms with van der Waals surface area (Å²) >= 11 is 0. The molecule has 0 aliphatic carbocycles. The van der Waals surface area contributed by atoms with Gasteiger partial charge in [-0.25, -0.2) is 0 Å². The first-order valence-corrected chi connectivity index (χ1v) is 8.13. The fourth-order valence-electron chi connectivity index (χ4n) is 3.27. The highest BCUT2D eigenvalue weighted by Gasteiger charge is 2.29. The van der Waals surface area contributed by atoms with Gasteiger partial charge < -0.3 is 10.2 Å². The normalized spacial score (nSPS) is 22.4. The lowest BCUT2D eigenvalue weighted by atomic mass is 9.92. The summed E-state index contributed by atoms with van der Waals surface area (Å²) in [5, 5.41) is 3.61. The summed E-state index contributed by atoms with van der Waals surface area (Å²) < 4.78 is 0. The summed E-state index contributed by atoms with van der Waals surface area (Å²) in [5.74, 6) is 0.713. The number of likely N-dealkylation sites (tertiary alicyclic amines) is 1. The Kier molecular flexibility index (Phi) is 5.40. The van der Waals surface area contributed by atoms with Crippen molar-refractivity contribution in [3.8, 4) is 0 Å². The number of nitrogens with one attached hydrogen (secondary N) is 1. The Morgan fingerprint density at radius 2 is 2.00 bits per heavy atom. The van der Waals surface area contributed by atoms with Crippen LogP contribution >= 0.6 is 0 Å². The third kappa shape index (κ3) is 3.65. The van der Waals surface area contributed by atoms with E-state index in [1.54, 1.807) is 0 Å². The number of hydrogen-bond acceptors (Lipinski definition) is 2. The smallest absolute Gasteiger partial charge is 0.254 e. The zero-order valence-electron chi connectivity index (χ0n) is 13.8. The summed E-state index contributed by atoms with van der Waals surface area (Å²) in [6.07, 6.45) is 2.21. The fraction of sp³-hybridized carbons (Fsp3) is 0.611. The molecule has 1 amide bonds. The molecular formula is C18H28N2O. The summed E-state index contributed by atoms with van der Waals surface area (Å²) in [5.41, 5.74) is 3.06. The zero-order valence-corrected chi connectivity index (χ0v) is 13.8. The first-order chi connectivity index (χ1) is 10.0. The number of carbonyl (C=O) groups excluding carboxylic acids is 1. The first kappa shape index (κ1) is 16.0. The van der Waals surface area contributed by atoms with E-state index in [0.717, 1.165) is 49.2 Å². The molecule has 0 saturated carbocycles. The predicted octanol–water partition coefficient (Wildman–Crippen LogP) is 3.15. The van der Waals surface area contributed by atoms with E-state index >= 15 is 0 Å². The van der Waals surface area contributed by atoms with Crippen LogP contribution in [0.4, 0.5) is 0 Å². The van der Waals surface area contributed by atoms with Crippen LogP contribution in [0.25, 0.3) is 0 Å². The van der Waals surface area contributed by atoms with Crippen LogP contribution in [0.1, 0.15) is 48.2 Å². The molecule has 1 aromatic carbocycles. The van der Waals surface area contributed by atoms with Gasteiger partial charge in [0.2, 0.25) is 0 Å². The summed E-state index contributed by atoms with van der Waals surface area (Å²) in [7, 11) is 0. The monoisotopic (exact) mass is 288 g/mol. The summed E-state index contributed by atoms with van der Waals surface area (Å²) in [6.45, 7) is 11.3. The molecule has 2 atom stereocenters. The Labute approximate surface area is 128 Å². The zero-order chi connectivity index (χ0) is 15.4. The Hall–Kier alpha value is -1.35. The molecule has 1 N–H and O–H groups in total. The number of rotatable bonds is 4. The molecule has 3 nitrogen and oxygen atoms in total. The second-order valence-corrected chi connectivity index (χ2v) is 6.34. The van der Waals surface area contributed by atoms with Gasteiger partial charge in [-0.3, -0.25) is 4.79 Å². The number of nitrogens with zero attached hydrogens (tertiary/aromatic N) is 1. The van der Waals surface area contributed by atoms with Gasteiger partial charge in [-0.2, -0.15) is 0 Å². The van der Waals surface area contributed by atoms with Crippen LogP contribution in [0.15, 0.2) is 18.2 Å². The second-order valence-electron chi connectivity index (χ2n) is 6.34.